The van der Waals surface area contributed by atoms with Crippen LogP contribution in [0.5, 0.6) is 0 Å². The van der Waals surface area contributed by atoms with Crippen molar-refractivity contribution in [1.82, 2.24) is 15.5 Å². The van der Waals surface area contributed by atoms with Crippen LogP contribution in [-0.4, -0.2) is 16.0 Å². The van der Waals surface area contributed by atoms with Crippen molar-refractivity contribution in [2.45, 2.75) is 6.54 Å². The fraction of sp³-hybridized carbons (Fsp3) is 0.0714. The lowest BCUT2D eigenvalue weighted by Gasteiger charge is -2.01. The molecule has 0 aromatic carbocycles. The van der Waals surface area contributed by atoms with Gasteiger partial charge < -0.3 is 19.2 Å². The molecular formula is C14H11N3O4. The average molecular weight is 285 g/mol. The van der Waals surface area contributed by atoms with E-state index < -0.39 is 0 Å². The molecule has 0 fully saturated rings. The predicted octanol–water partition coefficient (Wildman–Crippen LogP) is 1.55. The van der Waals surface area contributed by atoms with Gasteiger partial charge in [0.25, 0.3) is 5.91 Å². The Kier molecular flexibility index (Phi) is 3.38. The van der Waals surface area contributed by atoms with Crippen LogP contribution < -0.4 is 10.9 Å². The van der Waals surface area contributed by atoms with Crippen molar-refractivity contribution >= 4 is 5.91 Å². The van der Waals surface area contributed by atoms with Crippen LogP contribution in [0, 0.1) is 0 Å². The molecule has 7 nitrogen and oxygen atoms in total. The molecule has 0 bridgehead atoms. The number of carbonyl (C=O) groups is 1. The van der Waals surface area contributed by atoms with E-state index in [0.29, 0.717) is 22.8 Å². The quantitative estimate of drug-likeness (QED) is 0.757. The van der Waals surface area contributed by atoms with E-state index in [1.54, 1.807) is 18.2 Å². The van der Waals surface area contributed by atoms with Gasteiger partial charge in [-0.25, -0.2) is 0 Å². The molecule has 1 amide bonds. The average Bonchev–Trinajstić information content (AvgIpc) is 3.16. The summed E-state index contributed by atoms with van der Waals surface area (Å²) in [6.07, 6.45) is 2.89. The molecule has 2 N–H and O–H groups in total. The summed E-state index contributed by atoms with van der Waals surface area (Å²) in [5, 5.41) is 6.52. The van der Waals surface area contributed by atoms with Crippen molar-refractivity contribution in [1.29, 1.82) is 0 Å². The highest BCUT2D eigenvalue weighted by Gasteiger charge is 2.10. The molecule has 0 aliphatic rings. The van der Waals surface area contributed by atoms with Gasteiger partial charge in [-0.05, 0) is 18.2 Å². The predicted molar refractivity (Wildman–Crippen MR) is 72.4 cm³/mol. The number of nitrogens with zero attached hydrogens (tertiary/aromatic N) is 1. The maximum absolute atomic E-state index is 11.9. The van der Waals surface area contributed by atoms with Gasteiger partial charge >= 0.3 is 0 Å². The van der Waals surface area contributed by atoms with Crippen LogP contribution in [0.25, 0.3) is 11.5 Å². The molecule has 106 valence electrons. The summed E-state index contributed by atoms with van der Waals surface area (Å²) in [4.78, 5) is 25.2. The smallest absolute Gasteiger partial charge is 0.253 e. The van der Waals surface area contributed by atoms with E-state index in [2.05, 4.69) is 15.5 Å². The highest BCUT2D eigenvalue weighted by Crippen LogP contribution is 2.20. The number of rotatable bonds is 4. The van der Waals surface area contributed by atoms with Gasteiger partial charge in [0.05, 0.1) is 18.4 Å². The van der Waals surface area contributed by atoms with Crippen molar-refractivity contribution in [3.63, 3.8) is 0 Å². The van der Waals surface area contributed by atoms with E-state index in [1.165, 1.54) is 24.6 Å². The number of nitrogens with one attached hydrogen (secondary N) is 2. The lowest BCUT2D eigenvalue weighted by molar-refractivity contribution is 0.0949. The SMILES string of the molecule is O=C(NCc1cc(-c2ccco2)on1)c1ccc(=O)[nH]c1. The number of hydrogen-bond acceptors (Lipinski definition) is 5. The summed E-state index contributed by atoms with van der Waals surface area (Å²) in [7, 11) is 0. The first kappa shape index (κ1) is 12.9. The van der Waals surface area contributed by atoms with Gasteiger partial charge in [-0.2, -0.15) is 0 Å². The molecule has 0 aliphatic carbocycles. The van der Waals surface area contributed by atoms with Crippen LogP contribution in [0.2, 0.25) is 0 Å². The van der Waals surface area contributed by atoms with E-state index >= 15 is 0 Å². The number of H-pyrrole nitrogens is 1. The van der Waals surface area contributed by atoms with Crippen LogP contribution in [0.4, 0.5) is 0 Å². The van der Waals surface area contributed by atoms with Crippen molar-refractivity contribution in [3.8, 4) is 11.5 Å². The molecule has 0 aliphatic heterocycles. The topological polar surface area (TPSA) is 101 Å². The summed E-state index contributed by atoms with van der Waals surface area (Å²) in [5.74, 6) is 0.753. The minimum Gasteiger partial charge on any atom is -0.461 e. The third kappa shape index (κ3) is 2.92. The first-order chi connectivity index (χ1) is 10.2. The Morgan fingerprint density at radius 3 is 2.90 bits per heavy atom. The maximum Gasteiger partial charge on any atom is 0.253 e. The van der Waals surface area contributed by atoms with Crippen molar-refractivity contribution in [2.75, 3.05) is 0 Å². The third-order valence-electron chi connectivity index (χ3n) is 2.80. The van der Waals surface area contributed by atoms with Gasteiger partial charge in [-0.15, -0.1) is 0 Å². The fourth-order valence-corrected chi connectivity index (χ4v) is 1.75. The van der Waals surface area contributed by atoms with Crippen molar-refractivity contribution in [3.05, 3.63) is 64.4 Å². The van der Waals surface area contributed by atoms with Crippen LogP contribution in [0.3, 0.4) is 0 Å². The van der Waals surface area contributed by atoms with Crippen LogP contribution in [0.15, 0.2) is 56.5 Å². The lowest BCUT2D eigenvalue weighted by atomic mass is 10.2. The van der Waals surface area contributed by atoms with Crippen LogP contribution >= 0.6 is 0 Å². The fourth-order valence-electron chi connectivity index (χ4n) is 1.75. The first-order valence-electron chi connectivity index (χ1n) is 6.19. The zero-order valence-corrected chi connectivity index (χ0v) is 10.8. The molecule has 0 saturated carbocycles. The number of carbonyl (C=O) groups excluding carboxylic acids is 1. The molecule has 3 aromatic heterocycles. The zero-order valence-electron chi connectivity index (χ0n) is 10.8. The van der Waals surface area contributed by atoms with Crippen LogP contribution in [0.1, 0.15) is 16.1 Å². The number of pyridine rings is 1. The zero-order chi connectivity index (χ0) is 14.7. The first-order valence-corrected chi connectivity index (χ1v) is 6.19. The Bertz CT molecular complexity index is 781. The molecule has 0 saturated heterocycles. The second-order valence-electron chi connectivity index (χ2n) is 4.28. The minimum atomic E-state index is -0.311. The molecule has 0 unspecified atom stereocenters. The van der Waals surface area contributed by atoms with E-state index in [4.69, 9.17) is 8.94 Å². The summed E-state index contributed by atoms with van der Waals surface area (Å²) in [6.45, 7) is 0.210. The Labute approximate surface area is 118 Å². The van der Waals surface area contributed by atoms with Gasteiger partial charge in [0.1, 0.15) is 5.69 Å². The maximum atomic E-state index is 11.9. The van der Waals surface area contributed by atoms with Gasteiger partial charge in [0.15, 0.2) is 5.76 Å². The summed E-state index contributed by atoms with van der Waals surface area (Å²) in [6, 6.07) is 7.93. The van der Waals surface area contributed by atoms with E-state index in [9.17, 15) is 9.59 Å². The monoisotopic (exact) mass is 285 g/mol. The van der Waals surface area contributed by atoms with E-state index in [0.717, 1.165) is 0 Å². The second kappa shape index (κ2) is 5.49. The Morgan fingerprint density at radius 2 is 2.19 bits per heavy atom. The molecule has 3 heterocycles. The largest absolute Gasteiger partial charge is 0.461 e. The molecular weight excluding hydrogens is 274 g/mol. The van der Waals surface area contributed by atoms with E-state index in [-0.39, 0.29) is 18.0 Å². The number of aromatic nitrogens is 2. The van der Waals surface area contributed by atoms with Crippen molar-refractivity contribution in [2.24, 2.45) is 0 Å². The standard InChI is InChI=1S/C14H11N3O4/c18-13-4-3-9(7-15-13)14(19)16-8-10-6-12(21-17-10)11-2-1-5-20-11/h1-7H,8H2,(H,15,18)(H,16,19). The van der Waals surface area contributed by atoms with Gasteiger partial charge in [0.2, 0.25) is 11.3 Å². The number of amides is 1. The molecule has 0 atom stereocenters. The highest BCUT2D eigenvalue weighted by atomic mass is 16.5. The lowest BCUT2D eigenvalue weighted by Crippen LogP contribution is -2.23. The van der Waals surface area contributed by atoms with Gasteiger partial charge in [-0.3, -0.25) is 9.59 Å². The Hall–Kier alpha value is -3.09. The summed E-state index contributed by atoms with van der Waals surface area (Å²) >= 11 is 0. The third-order valence-corrected chi connectivity index (χ3v) is 2.80. The Morgan fingerprint density at radius 1 is 1.29 bits per heavy atom. The van der Waals surface area contributed by atoms with Gasteiger partial charge in [-0.1, -0.05) is 5.16 Å². The molecule has 0 spiro atoms. The van der Waals surface area contributed by atoms with Crippen molar-refractivity contribution < 1.29 is 13.7 Å². The van der Waals surface area contributed by atoms with Crippen LogP contribution in [-0.2, 0) is 6.54 Å². The Balaban J connectivity index is 1.64. The molecule has 7 heteroatoms. The molecule has 0 radical (unpaired) electrons. The number of aromatic amines is 1. The number of hydrogen-bond donors (Lipinski definition) is 2. The molecule has 21 heavy (non-hydrogen) atoms. The second-order valence-corrected chi connectivity index (χ2v) is 4.28. The minimum absolute atomic E-state index is 0.210. The van der Waals surface area contributed by atoms with Gasteiger partial charge in [0, 0.05) is 18.3 Å². The summed E-state index contributed by atoms with van der Waals surface area (Å²) < 4.78 is 10.3. The molecule has 3 aromatic rings. The van der Waals surface area contributed by atoms with E-state index in [1.807, 2.05) is 0 Å². The normalized spacial score (nSPS) is 10.5. The highest BCUT2D eigenvalue weighted by molar-refractivity contribution is 5.93. The number of furan rings is 1. The molecule has 3 rings (SSSR count). The summed E-state index contributed by atoms with van der Waals surface area (Å²) in [5.41, 5.74) is 0.676.